The fourth-order valence-corrected chi connectivity index (χ4v) is 2.42. The third-order valence-electron chi connectivity index (χ3n) is 3.39. The monoisotopic (exact) mass is 207 g/mol. The first kappa shape index (κ1) is 10.6. The molecule has 1 aromatic carbocycles. The van der Waals surface area contributed by atoms with Crippen molar-refractivity contribution in [1.82, 2.24) is 4.90 Å². The minimum Gasteiger partial charge on any atom is -0.306 e. The Kier molecular flexibility index (Phi) is 3.06. The van der Waals surface area contributed by atoms with E-state index in [1.54, 1.807) is 12.1 Å². The average molecular weight is 207 g/mol. The van der Waals surface area contributed by atoms with Gasteiger partial charge < -0.3 is 4.90 Å². The maximum atomic E-state index is 13.0. The van der Waals surface area contributed by atoms with Gasteiger partial charge in [-0.2, -0.15) is 0 Å². The van der Waals surface area contributed by atoms with E-state index in [1.807, 2.05) is 13.0 Å². The number of hydrogen-bond acceptors (Lipinski definition) is 1. The average Bonchev–Trinajstić information content (AvgIpc) is 2.20. The molecule has 0 radical (unpaired) electrons. The third kappa shape index (κ3) is 2.37. The molecule has 1 nitrogen and oxygen atoms in total. The van der Waals surface area contributed by atoms with Crippen molar-refractivity contribution in [2.24, 2.45) is 0 Å². The van der Waals surface area contributed by atoms with Gasteiger partial charge in [0.15, 0.2) is 0 Å². The quantitative estimate of drug-likeness (QED) is 0.684. The molecule has 0 spiro atoms. The molecule has 1 aliphatic rings. The maximum Gasteiger partial charge on any atom is 0.123 e. The summed E-state index contributed by atoms with van der Waals surface area (Å²) in [4.78, 5) is 2.36. The second kappa shape index (κ2) is 4.31. The van der Waals surface area contributed by atoms with Gasteiger partial charge in [-0.1, -0.05) is 6.07 Å². The zero-order chi connectivity index (χ0) is 10.8. The molecule has 1 aromatic rings. The minimum absolute atomic E-state index is 0.121. The predicted molar refractivity (Wildman–Crippen MR) is 60.6 cm³/mol. The molecule has 1 heterocycles. The van der Waals surface area contributed by atoms with Crippen molar-refractivity contribution in [3.63, 3.8) is 0 Å². The number of hydrogen-bond donors (Lipinski definition) is 0. The van der Waals surface area contributed by atoms with Crippen molar-refractivity contribution in [3.8, 4) is 0 Å². The Morgan fingerprint density at radius 2 is 1.93 bits per heavy atom. The number of halogens is 1. The summed E-state index contributed by atoms with van der Waals surface area (Å²) in [6.07, 6.45) is 2.39. The summed E-state index contributed by atoms with van der Waals surface area (Å²) in [5.41, 5.74) is 2.44. The minimum atomic E-state index is -0.121. The van der Waals surface area contributed by atoms with E-state index in [9.17, 15) is 4.39 Å². The highest BCUT2D eigenvalue weighted by Crippen LogP contribution is 2.29. The van der Waals surface area contributed by atoms with Gasteiger partial charge in [0.2, 0.25) is 0 Å². The van der Waals surface area contributed by atoms with Crippen LogP contribution < -0.4 is 0 Å². The van der Waals surface area contributed by atoms with E-state index >= 15 is 0 Å². The van der Waals surface area contributed by atoms with E-state index in [2.05, 4.69) is 11.9 Å². The van der Waals surface area contributed by atoms with Gasteiger partial charge in [-0.3, -0.25) is 0 Å². The van der Waals surface area contributed by atoms with Crippen LogP contribution >= 0.6 is 0 Å². The van der Waals surface area contributed by atoms with Gasteiger partial charge in [-0.05, 0) is 69.1 Å². The van der Waals surface area contributed by atoms with E-state index in [0.717, 1.165) is 18.7 Å². The summed E-state index contributed by atoms with van der Waals surface area (Å²) in [6, 6.07) is 5.19. The lowest BCUT2D eigenvalue weighted by Gasteiger charge is -2.30. The molecule has 82 valence electrons. The fourth-order valence-electron chi connectivity index (χ4n) is 2.42. The van der Waals surface area contributed by atoms with Gasteiger partial charge in [-0.25, -0.2) is 4.39 Å². The van der Waals surface area contributed by atoms with E-state index in [4.69, 9.17) is 0 Å². The molecule has 2 rings (SSSR count). The second-order valence-corrected chi connectivity index (χ2v) is 4.58. The topological polar surface area (TPSA) is 3.24 Å². The fraction of sp³-hybridized carbons (Fsp3) is 0.538. The van der Waals surface area contributed by atoms with Crippen molar-refractivity contribution in [1.29, 1.82) is 0 Å². The molecule has 1 saturated heterocycles. The Bertz CT molecular complexity index is 340. The van der Waals surface area contributed by atoms with Gasteiger partial charge in [0.05, 0.1) is 0 Å². The lowest BCUT2D eigenvalue weighted by molar-refractivity contribution is 0.255. The summed E-state index contributed by atoms with van der Waals surface area (Å²) < 4.78 is 13.0. The molecule has 0 saturated carbocycles. The molecule has 1 fully saturated rings. The smallest absolute Gasteiger partial charge is 0.123 e. The molecule has 2 heteroatoms. The number of nitrogens with zero attached hydrogens (tertiary/aromatic N) is 1. The highest BCUT2D eigenvalue weighted by atomic mass is 19.1. The van der Waals surface area contributed by atoms with Crippen LogP contribution in [0.4, 0.5) is 4.39 Å². The largest absolute Gasteiger partial charge is 0.306 e. The molecule has 0 bridgehead atoms. The van der Waals surface area contributed by atoms with E-state index < -0.39 is 0 Å². The molecule has 0 unspecified atom stereocenters. The highest BCUT2D eigenvalue weighted by molar-refractivity contribution is 5.30. The Labute approximate surface area is 90.9 Å². The zero-order valence-corrected chi connectivity index (χ0v) is 9.46. The van der Waals surface area contributed by atoms with Crippen LogP contribution in [0.5, 0.6) is 0 Å². The van der Waals surface area contributed by atoms with Crippen molar-refractivity contribution in [2.75, 3.05) is 20.1 Å². The lowest BCUT2D eigenvalue weighted by Crippen LogP contribution is -2.29. The lowest BCUT2D eigenvalue weighted by atomic mass is 9.87. The molecule has 0 amide bonds. The molecule has 1 aliphatic heterocycles. The van der Waals surface area contributed by atoms with Crippen LogP contribution in [0.3, 0.4) is 0 Å². The van der Waals surface area contributed by atoms with E-state index in [0.29, 0.717) is 5.92 Å². The Balaban J connectivity index is 2.15. The summed E-state index contributed by atoms with van der Waals surface area (Å²) in [5, 5.41) is 0. The first-order valence-electron chi connectivity index (χ1n) is 5.61. The Hall–Kier alpha value is -0.890. The summed E-state index contributed by atoms with van der Waals surface area (Å²) in [6.45, 7) is 4.32. The van der Waals surface area contributed by atoms with Gasteiger partial charge in [0.1, 0.15) is 5.82 Å². The van der Waals surface area contributed by atoms with Crippen molar-refractivity contribution in [2.45, 2.75) is 25.7 Å². The van der Waals surface area contributed by atoms with Crippen LogP contribution in [0, 0.1) is 12.7 Å². The second-order valence-electron chi connectivity index (χ2n) is 4.58. The zero-order valence-electron chi connectivity index (χ0n) is 9.46. The molecular weight excluding hydrogens is 189 g/mol. The Morgan fingerprint density at radius 3 is 2.53 bits per heavy atom. The molecule has 0 atom stereocenters. The maximum absolute atomic E-state index is 13.0. The van der Waals surface area contributed by atoms with Crippen molar-refractivity contribution in [3.05, 3.63) is 35.1 Å². The third-order valence-corrected chi connectivity index (χ3v) is 3.39. The van der Waals surface area contributed by atoms with Gasteiger partial charge in [0.25, 0.3) is 0 Å². The van der Waals surface area contributed by atoms with Gasteiger partial charge in [-0.15, -0.1) is 0 Å². The molecular formula is C13H18FN. The van der Waals surface area contributed by atoms with Crippen LogP contribution in [0.2, 0.25) is 0 Å². The highest BCUT2D eigenvalue weighted by Gasteiger charge is 2.19. The number of likely N-dealkylation sites (tertiary alicyclic amines) is 1. The van der Waals surface area contributed by atoms with Crippen molar-refractivity contribution >= 4 is 0 Å². The first-order valence-corrected chi connectivity index (χ1v) is 5.61. The molecule has 15 heavy (non-hydrogen) atoms. The summed E-state index contributed by atoms with van der Waals surface area (Å²) in [5.74, 6) is 0.506. The summed E-state index contributed by atoms with van der Waals surface area (Å²) in [7, 11) is 2.16. The number of aryl methyl sites for hydroxylation is 1. The predicted octanol–water partition coefficient (Wildman–Crippen LogP) is 2.94. The molecule has 0 aromatic heterocycles. The van der Waals surface area contributed by atoms with Gasteiger partial charge >= 0.3 is 0 Å². The SMILES string of the molecule is Cc1cc(F)ccc1C1CCN(C)CC1. The van der Waals surface area contributed by atoms with Gasteiger partial charge in [0, 0.05) is 0 Å². The number of benzene rings is 1. The standard InChI is InChI=1S/C13H18FN/c1-10-9-12(14)3-4-13(10)11-5-7-15(2)8-6-11/h3-4,9,11H,5-8H2,1-2H3. The summed E-state index contributed by atoms with van der Waals surface area (Å²) >= 11 is 0. The van der Waals surface area contributed by atoms with Crippen LogP contribution in [-0.4, -0.2) is 25.0 Å². The Morgan fingerprint density at radius 1 is 1.27 bits per heavy atom. The first-order chi connectivity index (χ1) is 7.16. The number of piperidine rings is 1. The van der Waals surface area contributed by atoms with Crippen molar-refractivity contribution < 1.29 is 4.39 Å². The van der Waals surface area contributed by atoms with Crippen LogP contribution in [0.25, 0.3) is 0 Å². The number of rotatable bonds is 1. The van der Waals surface area contributed by atoms with E-state index in [-0.39, 0.29) is 5.82 Å². The normalized spacial score (nSPS) is 19.4. The van der Waals surface area contributed by atoms with Crippen LogP contribution in [0.15, 0.2) is 18.2 Å². The van der Waals surface area contributed by atoms with Crippen LogP contribution in [-0.2, 0) is 0 Å². The van der Waals surface area contributed by atoms with E-state index in [1.165, 1.54) is 18.4 Å². The molecule has 0 N–H and O–H groups in total. The molecule has 0 aliphatic carbocycles. The van der Waals surface area contributed by atoms with Crippen LogP contribution in [0.1, 0.15) is 29.9 Å².